The van der Waals surface area contributed by atoms with Crippen molar-refractivity contribution in [3.8, 4) is 11.5 Å². The molecule has 0 aliphatic carbocycles. The van der Waals surface area contributed by atoms with Crippen LogP contribution in [-0.2, 0) is 11.4 Å². The molecule has 0 aromatic heterocycles. The highest BCUT2D eigenvalue weighted by Gasteiger charge is 2.08. The van der Waals surface area contributed by atoms with Crippen molar-refractivity contribution in [1.29, 1.82) is 0 Å². The summed E-state index contributed by atoms with van der Waals surface area (Å²) in [6.07, 6.45) is 0.609. The van der Waals surface area contributed by atoms with Gasteiger partial charge in [0.25, 0.3) is 0 Å². The van der Waals surface area contributed by atoms with Gasteiger partial charge in [0.15, 0.2) is 12.9 Å². The van der Waals surface area contributed by atoms with Gasteiger partial charge in [0.05, 0.1) is 5.56 Å². The average Bonchev–Trinajstić information content (AvgIpc) is 2.52. The molecule has 1 N–H and O–H groups in total. The second kappa shape index (κ2) is 7.09. The summed E-state index contributed by atoms with van der Waals surface area (Å²) in [6.45, 7) is -0.136. The van der Waals surface area contributed by atoms with Gasteiger partial charge in [-0.05, 0) is 17.7 Å². The summed E-state index contributed by atoms with van der Waals surface area (Å²) < 4.78 is 10.7. The smallest absolute Gasteiger partial charge is 0.341 e. The Morgan fingerprint density at radius 2 is 1.86 bits per heavy atom. The van der Waals surface area contributed by atoms with E-state index in [-0.39, 0.29) is 11.3 Å². The number of carbonyl (C=O) groups is 2. The van der Waals surface area contributed by atoms with Crippen molar-refractivity contribution in [2.45, 2.75) is 6.61 Å². The fraction of sp³-hybridized carbons (Fsp3) is 0.125. The molecule has 0 saturated heterocycles. The topological polar surface area (TPSA) is 72.8 Å². The molecule has 0 amide bonds. The summed E-state index contributed by atoms with van der Waals surface area (Å²) >= 11 is 0. The van der Waals surface area contributed by atoms with E-state index in [1.54, 1.807) is 6.07 Å². The SMILES string of the molecule is O=Cc1ccc(OCc2ccccc2)cc1OCC(=O)O. The molecule has 0 atom stereocenters. The van der Waals surface area contributed by atoms with E-state index in [1.165, 1.54) is 12.1 Å². The average molecular weight is 286 g/mol. The maximum Gasteiger partial charge on any atom is 0.341 e. The summed E-state index contributed by atoms with van der Waals surface area (Å²) in [7, 11) is 0. The first-order chi connectivity index (χ1) is 10.2. The molecule has 2 rings (SSSR count). The van der Waals surface area contributed by atoms with Crippen LogP contribution in [0.5, 0.6) is 11.5 Å². The molecule has 108 valence electrons. The molecular weight excluding hydrogens is 272 g/mol. The van der Waals surface area contributed by atoms with Gasteiger partial charge in [-0.3, -0.25) is 4.79 Å². The van der Waals surface area contributed by atoms with E-state index >= 15 is 0 Å². The van der Waals surface area contributed by atoms with Crippen LogP contribution >= 0.6 is 0 Å². The number of aldehydes is 1. The second-order valence-electron chi connectivity index (χ2n) is 4.27. The lowest BCUT2D eigenvalue weighted by molar-refractivity contribution is -0.139. The Labute approximate surface area is 121 Å². The number of carboxylic acid groups (broad SMARTS) is 1. The molecule has 2 aromatic rings. The number of carbonyl (C=O) groups excluding carboxylic acids is 1. The Balaban J connectivity index is 2.07. The largest absolute Gasteiger partial charge is 0.489 e. The normalized spacial score (nSPS) is 9.90. The van der Waals surface area contributed by atoms with Crippen LogP contribution in [0.2, 0.25) is 0 Å². The maximum absolute atomic E-state index is 10.9. The van der Waals surface area contributed by atoms with Gasteiger partial charge < -0.3 is 14.6 Å². The number of ether oxygens (including phenoxy) is 2. The molecule has 0 bridgehead atoms. The Bertz CT molecular complexity index is 622. The standard InChI is InChI=1S/C16H14O5/c17-9-13-6-7-14(8-15(13)21-11-16(18)19)20-10-12-4-2-1-3-5-12/h1-9H,10-11H2,(H,18,19). The van der Waals surface area contributed by atoms with E-state index in [0.717, 1.165) is 5.56 Å². The predicted octanol–water partition coefficient (Wildman–Crippen LogP) is 2.54. The van der Waals surface area contributed by atoms with Crippen molar-refractivity contribution in [2.75, 3.05) is 6.61 Å². The van der Waals surface area contributed by atoms with E-state index in [4.69, 9.17) is 14.6 Å². The highest BCUT2D eigenvalue weighted by Crippen LogP contribution is 2.24. The molecule has 5 nitrogen and oxygen atoms in total. The van der Waals surface area contributed by atoms with Crippen molar-refractivity contribution in [2.24, 2.45) is 0 Å². The molecule has 0 aliphatic heterocycles. The molecule has 0 heterocycles. The van der Waals surface area contributed by atoms with Gasteiger partial charge >= 0.3 is 5.97 Å². The molecule has 0 radical (unpaired) electrons. The Hall–Kier alpha value is -2.82. The van der Waals surface area contributed by atoms with Crippen molar-refractivity contribution in [1.82, 2.24) is 0 Å². The molecule has 0 aliphatic rings. The van der Waals surface area contributed by atoms with E-state index in [2.05, 4.69) is 0 Å². The minimum absolute atomic E-state index is 0.193. The summed E-state index contributed by atoms with van der Waals surface area (Å²) in [5, 5.41) is 8.62. The molecular formula is C16H14O5. The molecule has 5 heteroatoms. The van der Waals surface area contributed by atoms with Crippen LogP contribution < -0.4 is 9.47 Å². The number of aliphatic carboxylic acids is 1. The molecule has 0 spiro atoms. The molecule has 0 saturated carbocycles. The minimum Gasteiger partial charge on any atom is -0.489 e. The summed E-state index contributed by atoms with van der Waals surface area (Å²) in [5.41, 5.74) is 1.29. The quantitative estimate of drug-likeness (QED) is 0.792. The number of carboxylic acids is 1. The van der Waals surface area contributed by atoms with Gasteiger partial charge in [-0.2, -0.15) is 0 Å². The zero-order valence-electron chi connectivity index (χ0n) is 11.2. The molecule has 0 fully saturated rings. The number of hydrogen-bond acceptors (Lipinski definition) is 4. The molecule has 2 aromatic carbocycles. The second-order valence-corrected chi connectivity index (χ2v) is 4.27. The third-order valence-electron chi connectivity index (χ3n) is 2.71. The predicted molar refractivity (Wildman–Crippen MR) is 75.7 cm³/mol. The summed E-state index contributed by atoms with van der Waals surface area (Å²) in [6, 6.07) is 14.3. The van der Waals surface area contributed by atoms with Crippen LogP contribution in [0.3, 0.4) is 0 Å². The summed E-state index contributed by atoms with van der Waals surface area (Å²) in [5.74, 6) is -0.412. The van der Waals surface area contributed by atoms with Gasteiger partial charge in [0, 0.05) is 6.07 Å². The first-order valence-electron chi connectivity index (χ1n) is 6.29. The zero-order valence-corrected chi connectivity index (χ0v) is 11.2. The van der Waals surface area contributed by atoms with Gasteiger partial charge in [-0.15, -0.1) is 0 Å². The third-order valence-corrected chi connectivity index (χ3v) is 2.71. The fourth-order valence-corrected chi connectivity index (χ4v) is 1.71. The first-order valence-corrected chi connectivity index (χ1v) is 6.29. The zero-order chi connectivity index (χ0) is 15.1. The lowest BCUT2D eigenvalue weighted by atomic mass is 10.2. The van der Waals surface area contributed by atoms with E-state index < -0.39 is 12.6 Å². The van der Waals surface area contributed by atoms with Gasteiger partial charge in [0.2, 0.25) is 0 Å². The number of rotatable bonds is 7. The number of hydrogen-bond donors (Lipinski definition) is 1. The van der Waals surface area contributed by atoms with E-state index in [9.17, 15) is 9.59 Å². The van der Waals surface area contributed by atoms with E-state index in [1.807, 2.05) is 30.3 Å². The van der Waals surface area contributed by atoms with Gasteiger partial charge in [-0.1, -0.05) is 30.3 Å². The van der Waals surface area contributed by atoms with E-state index in [0.29, 0.717) is 18.6 Å². The van der Waals surface area contributed by atoms with Crippen molar-refractivity contribution < 1.29 is 24.2 Å². The van der Waals surface area contributed by atoms with Crippen LogP contribution in [0.1, 0.15) is 15.9 Å². The van der Waals surface area contributed by atoms with Gasteiger partial charge in [0.1, 0.15) is 18.1 Å². The van der Waals surface area contributed by atoms with Gasteiger partial charge in [-0.25, -0.2) is 4.79 Å². The van der Waals surface area contributed by atoms with Crippen LogP contribution in [0.4, 0.5) is 0 Å². The Morgan fingerprint density at radius 1 is 1.10 bits per heavy atom. The van der Waals surface area contributed by atoms with Crippen molar-refractivity contribution >= 4 is 12.3 Å². The van der Waals surface area contributed by atoms with Crippen LogP contribution in [-0.4, -0.2) is 24.0 Å². The lowest BCUT2D eigenvalue weighted by Gasteiger charge is -2.10. The van der Waals surface area contributed by atoms with Crippen LogP contribution in [0.15, 0.2) is 48.5 Å². The molecule has 21 heavy (non-hydrogen) atoms. The van der Waals surface area contributed by atoms with Crippen molar-refractivity contribution in [3.63, 3.8) is 0 Å². The Kier molecular flexibility index (Phi) is 4.93. The highest BCUT2D eigenvalue weighted by atomic mass is 16.5. The third kappa shape index (κ3) is 4.35. The van der Waals surface area contributed by atoms with Crippen LogP contribution in [0.25, 0.3) is 0 Å². The lowest BCUT2D eigenvalue weighted by Crippen LogP contribution is -2.10. The maximum atomic E-state index is 10.9. The highest BCUT2D eigenvalue weighted by molar-refractivity contribution is 5.80. The Morgan fingerprint density at radius 3 is 2.52 bits per heavy atom. The molecule has 0 unspecified atom stereocenters. The first kappa shape index (κ1) is 14.6. The van der Waals surface area contributed by atoms with Crippen LogP contribution in [0, 0.1) is 0 Å². The minimum atomic E-state index is -1.11. The summed E-state index contributed by atoms with van der Waals surface area (Å²) in [4.78, 5) is 21.4. The fourth-order valence-electron chi connectivity index (χ4n) is 1.71. The monoisotopic (exact) mass is 286 g/mol. The number of benzene rings is 2. The van der Waals surface area contributed by atoms with Crippen molar-refractivity contribution in [3.05, 3.63) is 59.7 Å².